The van der Waals surface area contributed by atoms with E-state index in [9.17, 15) is 0 Å². The van der Waals surface area contributed by atoms with E-state index >= 15 is 0 Å². The Hall–Kier alpha value is -0.340. The van der Waals surface area contributed by atoms with Crippen LogP contribution in [0, 0.1) is 0 Å². The van der Waals surface area contributed by atoms with Crippen molar-refractivity contribution in [3.63, 3.8) is 0 Å². The molecule has 0 N–H and O–H groups in total. The second kappa shape index (κ2) is 5.40. The van der Waals surface area contributed by atoms with Gasteiger partial charge in [-0.05, 0) is 51.2 Å². The molecule has 13 heavy (non-hydrogen) atoms. The third-order valence-corrected chi connectivity index (χ3v) is 2.45. The quantitative estimate of drug-likeness (QED) is 0.784. The Morgan fingerprint density at radius 1 is 1.31 bits per heavy atom. The number of nitrogens with zero attached hydrogens (tertiary/aromatic N) is 1. The zero-order valence-corrected chi connectivity index (χ0v) is 9.84. The van der Waals surface area contributed by atoms with E-state index in [1.54, 1.807) is 0 Å². The molecule has 0 fully saturated rings. The van der Waals surface area contributed by atoms with Gasteiger partial charge in [-0.25, -0.2) is 0 Å². The summed E-state index contributed by atoms with van der Waals surface area (Å²) in [6, 6.07) is 8.53. The number of aryl methyl sites for hydroxylation is 1. The first-order valence-electron chi connectivity index (χ1n) is 4.57. The van der Waals surface area contributed by atoms with Crippen molar-refractivity contribution in [3.8, 4) is 0 Å². The smallest absolute Gasteiger partial charge is 0.0177 e. The van der Waals surface area contributed by atoms with Crippen LogP contribution in [-0.4, -0.2) is 25.5 Å². The first-order chi connectivity index (χ1) is 6.18. The average molecular weight is 242 g/mol. The molecule has 0 heterocycles. The highest BCUT2D eigenvalue weighted by atomic mass is 79.9. The van der Waals surface area contributed by atoms with Gasteiger partial charge in [-0.1, -0.05) is 28.1 Å². The van der Waals surface area contributed by atoms with E-state index in [-0.39, 0.29) is 0 Å². The fourth-order valence-corrected chi connectivity index (χ4v) is 1.74. The molecule has 72 valence electrons. The lowest BCUT2D eigenvalue weighted by atomic mass is 10.1. The first kappa shape index (κ1) is 10.7. The van der Waals surface area contributed by atoms with E-state index < -0.39 is 0 Å². The minimum Gasteiger partial charge on any atom is -0.309 e. The lowest BCUT2D eigenvalue weighted by molar-refractivity contribution is 0.400. The van der Waals surface area contributed by atoms with E-state index in [1.807, 2.05) is 0 Å². The highest BCUT2D eigenvalue weighted by Gasteiger charge is 1.95. The van der Waals surface area contributed by atoms with Crippen molar-refractivity contribution in [2.75, 3.05) is 20.6 Å². The van der Waals surface area contributed by atoms with Gasteiger partial charge in [0.1, 0.15) is 0 Å². The summed E-state index contributed by atoms with van der Waals surface area (Å²) < 4.78 is 1.18. The largest absolute Gasteiger partial charge is 0.309 e. The molecule has 1 aromatic carbocycles. The minimum absolute atomic E-state index is 1.16. The van der Waals surface area contributed by atoms with Crippen molar-refractivity contribution in [2.45, 2.75) is 12.8 Å². The molecule has 0 aromatic heterocycles. The predicted octanol–water partition coefficient (Wildman–Crippen LogP) is 2.94. The number of rotatable bonds is 4. The summed E-state index contributed by atoms with van der Waals surface area (Å²) >= 11 is 3.47. The predicted molar refractivity (Wildman–Crippen MR) is 61.0 cm³/mol. The molecule has 0 amide bonds. The van der Waals surface area contributed by atoms with Gasteiger partial charge in [-0.15, -0.1) is 0 Å². The van der Waals surface area contributed by atoms with Gasteiger partial charge in [0.2, 0.25) is 0 Å². The minimum atomic E-state index is 1.16. The second-order valence-corrected chi connectivity index (χ2v) is 4.45. The third-order valence-electron chi connectivity index (χ3n) is 1.96. The molecule has 1 rings (SSSR count). The van der Waals surface area contributed by atoms with Crippen LogP contribution < -0.4 is 0 Å². The van der Waals surface area contributed by atoms with Crippen LogP contribution >= 0.6 is 15.9 Å². The molecule has 0 radical (unpaired) electrons. The maximum absolute atomic E-state index is 3.47. The fourth-order valence-electron chi connectivity index (χ4n) is 1.29. The summed E-state index contributed by atoms with van der Waals surface area (Å²) in [6.07, 6.45) is 2.39. The van der Waals surface area contributed by atoms with Crippen LogP contribution in [0.15, 0.2) is 28.7 Å². The van der Waals surface area contributed by atoms with Gasteiger partial charge in [-0.3, -0.25) is 0 Å². The molecule has 0 spiro atoms. The molecule has 0 saturated heterocycles. The van der Waals surface area contributed by atoms with Crippen molar-refractivity contribution >= 4 is 15.9 Å². The van der Waals surface area contributed by atoms with Crippen LogP contribution in [-0.2, 0) is 6.42 Å². The molecule has 0 aliphatic heterocycles. The molecule has 0 aliphatic rings. The summed E-state index contributed by atoms with van der Waals surface area (Å²) in [6.45, 7) is 1.16. The standard InChI is InChI=1S/C11H16BrN/c1-13(2)8-4-6-10-5-3-7-11(12)9-10/h3,5,7,9H,4,6,8H2,1-2H3. The van der Waals surface area contributed by atoms with Gasteiger partial charge in [-0.2, -0.15) is 0 Å². The Kier molecular flexibility index (Phi) is 4.46. The summed E-state index contributed by atoms with van der Waals surface area (Å²) in [5, 5.41) is 0. The molecule has 0 aliphatic carbocycles. The zero-order valence-electron chi connectivity index (χ0n) is 8.26. The van der Waals surface area contributed by atoms with Gasteiger partial charge >= 0.3 is 0 Å². The van der Waals surface area contributed by atoms with Gasteiger partial charge in [0.15, 0.2) is 0 Å². The molecular weight excluding hydrogens is 226 g/mol. The SMILES string of the molecule is CN(C)CCCc1cccc(Br)c1. The first-order valence-corrected chi connectivity index (χ1v) is 5.37. The van der Waals surface area contributed by atoms with Crippen LogP contribution in [0.4, 0.5) is 0 Å². The van der Waals surface area contributed by atoms with Gasteiger partial charge in [0.05, 0.1) is 0 Å². The van der Waals surface area contributed by atoms with Crippen molar-refractivity contribution in [1.29, 1.82) is 0 Å². The average Bonchev–Trinajstić information content (AvgIpc) is 2.03. The maximum atomic E-state index is 3.47. The normalized spacial score (nSPS) is 10.8. The summed E-state index contributed by atoms with van der Waals surface area (Å²) in [5.41, 5.74) is 1.41. The highest BCUT2D eigenvalue weighted by Crippen LogP contribution is 2.12. The molecule has 0 atom stereocenters. The molecule has 0 unspecified atom stereocenters. The van der Waals surface area contributed by atoms with Crippen molar-refractivity contribution in [1.82, 2.24) is 4.90 Å². The topological polar surface area (TPSA) is 3.24 Å². The highest BCUT2D eigenvalue weighted by molar-refractivity contribution is 9.10. The molecule has 0 saturated carbocycles. The van der Waals surface area contributed by atoms with Crippen LogP contribution in [0.2, 0.25) is 0 Å². The van der Waals surface area contributed by atoms with E-state index in [0.717, 1.165) is 13.0 Å². The van der Waals surface area contributed by atoms with E-state index in [1.165, 1.54) is 16.5 Å². The maximum Gasteiger partial charge on any atom is 0.0177 e. The Morgan fingerprint density at radius 2 is 2.08 bits per heavy atom. The fraction of sp³-hybridized carbons (Fsp3) is 0.455. The molecule has 1 aromatic rings. The Balaban J connectivity index is 2.37. The van der Waals surface area contributed by atoms with E-state index in [2.05, 4.69) is 59.2 Å². The zero-order chi connectivity index (χ0) is 9.68. The number of hydrogen-bond acceptors (Lipinski definition) is 1. The van der Waals surface area contributed by atoms with Crippen molar-refractivity contribution < 1.29 is 0 Å². The molecular formula is C11H16BrN. The van der Waals surface area contributed by atoms with E-state index in [0.29, 0.717) is 0 Å². The van der Waals surface area contributed by atoms with Gasteiger partial charge in [0.25, 0.3) is 0 Å². The van der Waals surface area contributed by atoms with Crippen molar-refractivity contribution in [2.24, 2.45) is 0 Å². The number of halogens is 1. The number of benzene rings is 1. The Bertz CT molecular complexity index is 258. The third kappa shape index (κ3) is 4.44. The van der Waals surface area contributed by atoms with Crippen molar-refractivity contribution in [3.05, 3.63) is 34.3 Å². The Morgan fingerprint density at radius 3 is 2.69 bits per heavy atom. The summed E-state index contributed by atoms with van der Waals surface area (Å²) in [7, 11) is 4.22. The summed E-state index contributed by atoms with van der Waals surface area (Å²) in [5.74, 6) is 0. The Labute approximate surface area is 88.9 Å². The van der Waals surface area contributed by atoms with E-state index in [4.69, 9.17) is 0 Å². The van der Waals surface area contributed by atoms with Gasteiger partial charge < -0.3 is 4.90 Å². The second-order valence-electron chi connectivity index (χ2n) is 3.54. The molecule has 0 bridgehead atoms. The lowest BCUT2D eigenvalue weighted by Crippen LogP contribution is -2.13. The van der Waals surface area contributed by atoms with Crippen LogP contribution in [0.25, 0.3) is 0 Å². The van der Waals surface area contributed by atoms with Crippen LogP contribution in [0.5, 0.6) is 0 Å². The monoisotopic (exact) mass is 241 g/mol. The van der Waals surface area contributed by atoms with Crippen LogP contribution in [0.3, 0.4) is 0 Å². The van der Waals surface area contributed by atoms with Crippen LogP contribution in [0.1, 0.15) is 12.0 Å². The molecule has 1 nitrogen and oxygen atoms in total. The number of hydrogen-bond donors (Lipinski definition) is 0. The summed E-state index contributed by atoms with van der Waals surface area (Å²) in [4.78, 5) is 2.22. The molecule has 2 heteroatoms. The lowest BCUT2D eigenvalue weighted by Gasteiger charge is -2.08. The van der Waals surface area contributed by atoms with Gasteiger partial charge in [0, 0.05) is 4.47 Å².